The highest BCUT2D eigenvalue weighted by Gasteiger charge is 2.06. The van der Waals surface area contributed by atoms with Crippen LogP contribution in [0.3, 0.4) is 0 Å². The van der Waals surface area contributed by atoms with Crippen LogP contribution < -0.4 is 16.0 Å². The first kappa shape index (κ1) is 16.0. The first-order chi connectivity index (χ1) is 10.0. The van der Waals surface area contributed by atoms with E-state index in [1.165, 1.54) is 0 Å². The lowest BCUT2D eigenvalue weighted by Gasteiger charge is -2.07. The van der Waals surface area contributed by atoms with Crippen molar-refractivity contribution in [2.24, 2.45) is 0 Å². The van der Waals surface area contributed by atoms with E-state index in [0.29, 0.717) is 5.56 Å². The van der Waals surface area contributed by atoms with Gasteiger partial charge in [0.25, 0.3) is 0 Å². The standard InChI is InChI=1S/C13H14N4O4/c14-5-9-2-1-3-10(4-9)6-16-13(21)17-7-11(18)15-8-12(19)20/h1-4H,6-8H2,(H,15,18)(H,19,20)(H2,16,17,21). The molecule has 0 saturated heterocycles. The minimum absolute atomic E-state index is 0.206. The zero-order chi connectivity index (χ0) is 15.7. The molecule has 1 aromatic carbocycles. The molecule has 4 N–H and O–H groups in total. The van der Waals surface area contributed by atoms with Gasteiger partial charge in [-0.15, -0.1) is 0 Å². The van der Waals surface area contributed by atoms with Gasteiger partial charge in [-0.25, -0.2) is 4.79 Å². The van der Waals surface area contributed by atoms with Crippen LogP contribution in [-0.2, 0) is 16.1 Å². The van der Waals surface area contributed by atoms with Gasteiger partial charge in [-0.1, -0.05) is 12.1 Å². The van der Waals surface area contributed by atoms with Crippen LogP contribution in [0.4, 0.5) is 4.79 Å². The minimum atomic E-state index is -1.16. The predicted molar refractivity (Wildman–Crippen MR) is 72.0 cm³/mol. The van der Waals surface area contributed by atoms with Gasteiger partial charge in [-0.05, 0) is 17.7 Å². The summed E-state index contributed by atoms with van der Waals surface area (Å²) in [5.41, 5.74) is 1.24. The van der Waals surface area contributed by atoms with E-state index in [-0.39, 0.29) is 13.1 Å². The summed E-state index contributed by atoms with van der Waals surface area (Å²) in [6.07, 6.45) is 0. The monoisotopic (exact) mass is 290 g/mol. The quantitative estimate of drug-likeness (QED) is 0.564. The SMILES string of the molecule is N#Cc1cccc(CNC(=O)NCC(=O)NCC(=O)O)c1. The molecule has 110 valence electrons. The molecule has 0 bridgehead atoms. The highest BCUT2D eigenvalue weighted by Crippen LogP contribution is 2.03. The Bertz CT molecular complexity index is 580. The van der Waals surface area contributed by atoms with Crippen LogP contribution in [-0.4, -0.2) is 36.1 Å². The normalized spacial score (nSPS) is 9.29. The van der Waals surface area contributed by atoms with Crippen LogP contribution >= 0.6 is 0 Å². The van der Waals surface area contributed by atoms with Gasteiger partial charge in [-0.2, -0.15) is 5.26 Å². The number of carboxylic acids is 1. The third kappa shape index (κ3) is 6.58. The molecule has 0 aromatic heterocycles. The molecule has 0 heterocycles. The number of aliphatic carboxylic acids is 1. The van der Waals surface area contributed by atoms with Gasteiger partial charge in [-0.3, -0.25) is 9.59 Å². The van der Waals surface area contributed by atoms with Crippen LogP contribution in [0.15, 0.2) is 24.3 Å². The van der Waals surface area contributed by atoms with Gasteiger partial charge in [0.1, 0.15) is 6.54 Å². The molecule has 0 radical (unpaired) electrons. The summed E-state index contributed by atoms with van der Waals surface area (Å²) in [6, 6.07) is 8.16. The Kier molecular flexibility index (Phi) is 6.21. The number of carbonyl (C=O) groups is 3. The largest absolute Gasteiger partial charge is 0.480 e. The van der Waals surface area contributed by atoms with Crippen LogP contribution in [0.2, 0.25) is 0 Å². The van der Waals surface area contributed by atoms with Crippen molar-refractivity contribution < 1.29 is 19.5 Å². The van der Waals surface area contributed by atoms with Crippen LogP contribution in [0, 0.1) is 11.3 Å². The smallest absolute Gasteiger partial charge is 0.322 e. The first-order valence-electron chi connectivity index (χ1n) is 6.00. The van der Waals surface area contributed by atoms with E-state index in [9.17, 15) is 14.4 Å². The number of amides is 3. The Morgan fingerprint density at radius 3 is 2.57 bits per heavy atom. The summed E-state index contributed by atoms with van der Waals surface area (Å²) < 4.78 is 0. The highest BCUT2D eigenvalue weighted by molar-refractivity contribution is 5.86. The van der Waals surface area contributed by atoms with E-state index in [1.807, 2.05) is 6.07 Å². The number of nitrogens with zero attached hydrogens (tertiary/aromatic N) is 1. The van der Waals surface area contributed by atoms with Gasteiger partial charge < -0.3 is 21.1 Å². The van der Waals surface area contributed by atoms with Crippen molar-refractivity contribution in [2.45, 2.75) is 6.54 Å². The first-order valence-corrected chi connectivity index (χ1v) is 6.00. The molecule has 3 amide bonds. The summed E-state index contributed by atoms with van der Waals surface area (Å²) in [4.78, 5) is 32.8. The van der Waals surface area contributed by atoms with E-state index in [4.69, 9.17) is 10.4 Å². The van der Waals surface area contributed by atoms with Crippen molar-refractivity contribution in [3.05, 3.63) is 35.4 Å². The van der Waals surface area contributed by atoms with Crippen molar-refractivity contribution in [1.29, 1.82) is 5.26 Å². The van der Waals surface area contributed by atoms with Crippen molar-refractivity contribution in [3.8, 4) is 6.07 Å². The number of hydrogen-bond acceptors (Lipinski definition) is 4. The molecule has 0 atom stereocenters. The molecule has 0 aliphatic carbocycles. The molecular formula is C13H14N4O4. The van der Waals surface area contributed by atoms with E-state index < -0.39 is 24.5 Å². The van der Waals surface area contributed by atoms with Crippen LogP contribution in [0.1, 0.15) is 11.1 Å². The number of nitriles is 1. The molecule has 21 heavy (non-hydrogen) atoms. The van der Waals surface area contributed by atoms with Crippen molar-refractivity contribution in [1.82, 2.24) is 16.0 Å². The molecule has 0 aliphatic rings. The lowest BCUT2D eigenvalue weighted by atomic mass is 10.1. The second kappa shape index (κ2) is 8.16. The number of carbonyl (C=O) groups excluding carboxylic acids is 2. The van der Waals surface area contributed by atoms with Gasteiger partial charge in [0.05, 0.1) is 18.2 Å². The number of nitrogens with one attached hydrogen (secondary N) is 3. The highest BCUT2D eigenvalue weighted by atomic mass is 16.4. The van der Waals surface area contributed by atoms with Crippen molar-refractivity contribution >= 4 is 17.9 Å². The molecule has 0 saturated carbocycles. The van der Waals surface area contributed by atoms with Gasteiger partial charge in [0, 0.05) is 6.54 Å². The topological polar surface area (TPSA) is 131 Å². The van der Waals surface area contributed by atoms with Gasteiger partial charge in [0.2, 0.25) is 5.91 Å². The zero-order valence-electron chi connectivity index (χ0n) is 11.0. The Hall–Kier alpha value is -3.08. The second-order valence-electron chi connectivity index (χ2n) is 4.02. The number of urea groups is 1. The maximum absolute atomic E-state index is 11.4. The fraction of sp³-hybridized carbons (Fsp3) is 0.231. The lowest BCUT2D eigenvalue weighted by molar-refractivity contribution is -0.137. The molecule has 1 rings (SSSR count). The second-order valence-corrected chi connectivity index (χ2v) is 4.02. The molecule has 8 nitrogen and oxygen atoms in total. The molecule has 0 unspecified atom stereocenters. The van der Waals surface area contributed by atoms with Gasteiger partial charge in [0.15, 0.2) is 0 Å². The summed E-state index contributed by atoms with van der Waals surface area (Å²) in [6.45, 7) is -0.613. The maximum Gasteiger partial charge on any atom is 0.322 e. The lowest BCUT2D eigenvalue weighted by Crippen LogP contribution is -2.42. The zero-order valence-corrected chi connectivity index (χ0v) is 11.0. The number of hydrogen-bond donors (Lipinski definition) is 4. The number of rotatable bonds is 6. The van der Waals surface area contributed by atoms with E-state index in [1.54, 1.807) is 24.3 Å². The Balaban J connectivity index is 2.29. The summed E-state index contributed by atoms with van der Waals surface area (Å²) in [7, 11) is 0. The maximum atomic E-state index is 11.4. The molecule has 0 aliphatic heterocycles. The van der Waals surface area contributed by atoms with Crippen molar-refractivity contribution in [3.63, 3.8) is 0 Å². The molecule has 0 spiro atoms. The summed E-state index contributed by atoms with van der Waals surface area (Å²) >= 11 is 0. The Morgan fingerprint density at radius 1 is 1.14 bits per heavy atom. The number of benzene rings is 1. The summed E-state index contributed by atoms with van der Waals surface area (Å²) in [5, 5.41) is 24.0. The average Bonchev–Trinajstić information content (AvgIpc) is 2.49. The third-order valence-electron chi connectivity index (χ3n) is 2.36. The van der Waals surface area contributed by atoms with E-state index in [0.717, 1.165) is 5.56 Å². The molecular weight excluding hydrogens is 276 g/mol. The molecule has 1 aromatic rings. The number of carboxylic acid groups (broad SMARTS) is 1. The fourth-order valence-corrected chi connectivity index (χ4v) is 1.39. The minimum Gasteiger partial charge on any atom is -0.480 e. The van der Waals surface area contributed by atoms with E-state index in [2.05, 4.69) is 16.0 Å². The summed E-state index contributed by atoms with van der Waals surface area (Å²) in [5.74, 6) is -1.76. The van der Waals surface area contributed by atoms with Crippen molar-refractivity contribution in [2.75, 3.05) is 13.1 Å². The molecule has 0 fully saturated rings. The van der Waals surface area contributed by atoms with E-state index >= 15 is 0 Å². The Morgan fingerprint density at radius 2 is 1.90 bits per heavy atom. The average molecular weight is 290 g/mol. The molecule has 8 heteroatoms. The Labute approximate surface area is 120 Å². The van der Waals surface area contributed by atoms with Gasteiger partial charge >= 0.3 is 12.0 Å². The van der Waals surface area contributed by atoms with Crippen LogP contribution in [0.5, 0.6) is 0 Å². The predicted octanol–water partition coefficient (Wildman–Crippen LogP) is -0.442. The fourth-order valence-electron chi connectivity index (χ4n) is 1.39. The van der Waals surface area contributed by atoms with Crippen LogP contribution in [0.25, 0.3) is 0 Å². The third-order valence-corrected chi connectivity index (χ3v) is 2.36.